The minimum atomic E-state index is -2.85. The molecule has 0 aromatic heterocycles. The topological polar surface area (TPSA) is 51.1 Å². The maximum atomic E-state index is 15.0. The molecule has 36 heavy (non-hydrogen) atoms. The predicted molar refractivity (Wildman–Crippen MR) is 139 cm³/mol. The van der Waals surface area contributed by atoms with Crippen molar-refractivity contribution in [1.82, 2.24) is 4.90 Å². The lowest BCUT2D eigenvalue weighted by molar-refractivity contribution is 0.00991. The Morgan fingerprint density at radius 3 is 2.36 bits per heavy atom. The van der Waals surface area contributed by atoms with Crippen molar-refractivity contribution in [1.29, 1.82) is 0 Å². The number of amidine groups is 1. The Hall–Kier alpha value is -1.59. The van der Waals surface area contributed by atoms with Crippen molar-refractivity contribution in [3.8, 4) is 0 Å². The highest BCUT2D eigenvalue weighted by Crippen LogP contribution is 2.53. The minimum Gasteiger partial charge on any atom is -0.443 e. The largest absolute Gasteiger partial charge is 0.443 e. The highest BCUT2D eigenvalue weighted by molar-refractivity contribution is 8.15. The molecule has 1 aromatic rings. The van der Waals surface area contributed by atoms with Gasteiger partial charge in [0.25, 0.3) is 6.43 Å². The van der Waals surface area contributed by atoms with Crippen molar-refractivity contribution in [3.05, 3.63) is 35.4 Å². The molecule has 0 radical (unpaired) electrons. The van der Waals surface area contributed by atoms with E-state index in [4.69, 9.17) is 9.47 Å². The molecule has 204 valence electrons. The van der Waals surface area contributed by atoms with Crippen LogP contribution in [0.3, 0.4) is 0 Å². The maximum absolute atomic E-state index is 15.0. The van der Waals surface area contributed by atoms with Gasteiger partial charge in [-0.05, 0) is 46.7 Å². The summed E-state index contributed by atoms with van der Waals surface area (Å²) in [5.41, 5.74) is -2.63. The van der Waals surface area contributed by atoms with Gasteiger partial charge < -0.3 is 9.47 Å². The molecule has 1 aromatic carbocycles. The lowest BCUT2D eigenvalue weighted by Gasteiger charge is -2.48. The minimum absolute atomic E-state index is 0.0932. The van der Waals surface area contributed by atoms with Crippen molar-refractivity contribution >= 4 is 31.1 Å². The monoisotopic (exact) mass is 550 g/mol. The van der Waals surface area contributed by atoms with Crippen LogP contribution in [0, 0.1) is 17.6 Å². The summed E-state index contributed by atoms with van der Waals surface area (Å²) in [6.45, 7) is 16.0. The van der Waals surface area contributed by atoms with Gasteiger partial charge in [0, 0.05) is 26.2 Å². The Labute approximate surface area is 217 Å². The van der Waals surface area contributed by atoms with Gasteiger partial charge in [-0.1, -0.05) is 50.5 Å². The average Bonchev–Trinajstić information content (AvgIpc) is 2.71. The van der Waals surface area contributed by atoms with Gasteiger partial charge >= 0.3 is 6.09 Å². The molecule has 11 heteroatoms. The van der Waals surface area contributed by atoms with Crippen molar-refractivity contribution in [3.63, 3.8) is 0 Å². The second-order valence-corrected chi connectivity index (χ2v) is 18.8. The first-order valence-electron chi connectivity index (χ1n) is 11.9. The van der Waals surface area contributed by atoms with Crippen LogP contribution >= 0.6 is 11.8 Å². The summed E-state index contributed by atoms with van der Waals surface area (Å²) >= 11 is 0.721. The summed E-state index contributed by atoms with van der Waals surface area (Å²) in [7, 11) is -1.43. The van der Waals surface area contributed by atoms with Crippen LogP contribution in [-0.4, -0.2) is 54.3 Å². The number of alkyl halides is 2. The van der Waals surface area contributed by atoms with E-state index in [0.717, 1.165) is 28.8 Å². The highest BCUT2D eigenvalue weighted by Gasteiger charge is 2.56. The zero-order valence-corrected chi connectivity index (χ0v) is 24.4. The number of amides is 1. The van der Waals surface area contributed by atoms with Crippen LogP contribution in [-0.2, 0) is 15.0 Å². The number of nitrogens with zero attached hydrogens (tertiary/aromatic N) is 2. The van der Waals surface area contributed by atoms with Gasteiger partial charge in [0.15, 0.2) is 16.8 Å². The van der Waals surface area contributed by atoms with Crippen molar-refractivity contribution in [2.75, 3.05) is 13.3 Å². The van der Waals surface area contributed by atoms with E-state index in [-0.39, 0.29) is 17.5 Å². The number of rotatable bonds is 7. The van der Waals surface area contributed by atoms with E-state index in [9.17, 15) is 22.4 Å². The fourth-order valence-electron chi connectivity index (χ4n) is 3.74. The molecule has 5 nitrogen and oxygen atoms in total. The van der Waals surface area contributed by atoms with Crippen LogP contribution in [0.2, 0.25) is 25.7 Å². The number of benzene rings is 1. The fraction of sp³-hybridized carbons (Fsp3) is 0.680. The molecule has 0 N–H and O–H groups in total. The Morgan fingerprint density at radius 2 is 1.83 bits per heavy atom. The van der Waals surface area contributed by atoms with Crippen LogP contribution in [0.4, 0.5) is 22.4 Å². The van der Waals surface area contributed by atoms with Gasteiger partial charge in [0.05, 0.1) is 10.3 Å². The first kappa shape index (κ1) is 30.6. The molecule has 0 fully saturated rings. The average molecular weight is 551 g/mol. The normalized spacial score (nSPS) is 25.1. The number of carbonyl (C=O) groups excluding carboxylic acids is 1. The number of ether oxygens (including phenoxy) is 2. The first-order valence-corrected chi connectivity index (χ1v) is 16.4. The standard InChI is InChI=1S/C25H38F4N2O3SSi/c1-16-24(5,17-11-10-12-18(26)19(17)27)30-21(35-25(16,6)20(28)29)31(22(32)34-23(2,3)4)15-33-13-14-36(7,8)9/h10-12,16,20H,13-15H2,1-9H3/t16-,24-,25-/m0/s1. The second-order valence-electron chi connectivity index (χ2n) is 11.7. The second kappa shape index (κ2) is 11.0. The molecule has 0 saturated heterocycles. The summed E-state index contributed by atoms with van der Waals surface area (Å²) in [6.07, 6.45) is -3.68. The number of aliphatic imine (C=N–C) groups is 1. The van der Waals surface area contributed by atoms with Gasteiger partial charge in [-0.3, -0.25) is 4.99 Å². The van der Waals surface area contributed by atoms with Gasteiger partial charge in [0.1, 0.15) is 12.3 Å². The van der Waals surface area contributed by atoms with Crippen LogP contribution in [0.25, 0.3) is 0 Å². The molecule has 1 aliphatic heterocycles. The number of thioether (sulfide) groups is 1. The van der Waals surface area contributed by atoms with Crippen LogP contribution in [0.1, 0.15) is 47.1 Å². The molecule has 0 unspecified atom stereocenters. The van der Waals surface area contributed by atoms with Gasteiger partial charge in [-0.15, -0.1) is 0 Å². The molecule has 0 spiro atoms. The molecular formula is C25H38F4N2O3SSi. The van der Waals surface area contributed by atoms with E-state index in [2.05, 4.69) is 24.6 Å². The lowest BCUT2D eigenvalue weighted by atomic mass is 9.74. The van der Waals surface area contributed by atoms with Gasteiger partial charge in [-0.2, -0.15) is 0 Å². The summed E-state index contributed by atoms with van der Waals surface area (Å²) in [5.74, 6) is -3.19. The van der Waals surface area contributed by atoms with E-state index in [1.54, 1.807) is 20.8 Å². The number of carbonyl (C=O) groups is 1. The molecule has 3 atom stereocenters. The third-order valence-electron chi connectivity index (χ3n) is 6.33. The molecule has 0 bridgehead atoms. The zero-order valence-electron chi connectivity index (χ0n) is 22.5. The van der Waals surface area contributed by atoms with Crippen molar-refractivity contribution in [2.45, 2.75) is 89.5 Å². The Bertz CT molecular complexity index is 983. The molecular weight excluding hydrogens is 512 g/mol. The quantitative estimate of drug-likeness (QED) is 0.153. The fourth-order valence-corrected chi connectivity index (χ4v) is 5.85. The van der Waals surface area contributed by atoms with Crippen molar-refractivity contribution < 1.29 is 31.8 Å². The van der Waals surface area contributed by atoms with E-state index >= 15 is 0 Å². The van der Waals surface area contributed by atoms with Crippen LogP contribution in [0.5, 0.6) is 0 Å². The Morgan fingerprint density at radius 1 is 1.22 bits per heavy atom. The van der Waals surface area contributed by atoms with Crippen LogP contribution < -0.4 is 0 Å². The van der Waals surface area contributed by atoms with Gasteiger partial charge in [0.2, 0.25) is 0 Å². The third-order valence-corrected chi connectivity index (χ3v) is 9.50. The molecule has 1 heterocycles. The first-order chi connectivity index (χ1) is 16.3. The number of hydrogen-bond donors (Lipinski definition) is 0. The summed E-state index contributed by atoms with van der Waals surface area (Å²) < 4.78 is 67.7. The molecule has 2 rings (SSSR count). The third kappa shape index (κ3) is 7.04. The molecule has 1 aliphatic rings. The van der Waals surface area contributed by atoms with Crippen LogP contribution in [0.15, 0.2) is 23.2 Å². The Balaban J connectivity index is 2.61. The highest BCUT2D eigenvalue weighted by atomic mass is 32.2. The molecule has 0 saturated carbocycles. The lowest BCUT2D eigenvalue weighted by Crippen LogP contribution is -2.54. The Kier molecular flexibility index (Phi) is 9.38. The summed E-state index contributed by atoms with van der Waals surface area (Å²) in [5, 5.41) is -0.0932. The number of halogens is 4. The van der Waals surface area contributed by atoms with E-state index in [1.807, 2.05) is 0 Å². The summed E-state index contributed by atoms with van der Waals surface area (Å²) in [4.78, 5) is 18.9. The van der Waals surface area contributed by atoms with E-state index in [0.29, 0.717) is 6.61 Å². The van der Waals surface area contributed by atoms with E-state index < -0.39 is 54.0 Å². The number of hydrogen-bond acceptors (Lipinski definition) is 5. The zero-order chi connectivity index (χ0) is 27.7. The maximum Gasteiger partial charge on any atom is 0.418 e. The smallest absolute Gasteiger partial charge is 0.418 e. The molecule has 0 aliphatic carbocycles. The van der Waals surface area contributed by atoms with Gasteiger partial charge in [-0.25, -0.2) is 27.3 Å². The van der Waals surface area contributed by atoms with E-state index in [1.165, 1.54) is 32.9 Å². The van der Waals surface area contributed by atoms with Crippen molar-refractivity contribution in [2.24, 2.45) is 10.9 Å². The summed E-state index contributed by atoms with van der Waals surface area (Å²) in [6, 6.07) is 4.43. The molecule has 1 amide bonds. The predicted octanol–water partition coefficient (Wildman–Crippen LogP) is 7.49. The SMILES string of the molecule is C[C@H]1[C@@](C)(c2cccc(F)c2F)N=C(N(COCC[Si](C)(C)C)C(=O)OC(C)(C)C)S[C@]1(C)C(F)F.